The summed E-state index contributed by atoms with van der Waals surface area (Å²) < 4.78 is 0. The smallest absolute Gasteiger partial charge is 0.0157 e. The van der Waals surface area contributed by atoms with Crippen LogP contribution in [-0.2, 0) is 0 Å². The Morgan fingerprint density at radius 3 is 2.62 bits per heavy atom. The second kappa shape index (κ2) is 4.98. The summed E-state index contributed by atoms with van der Waals surface area (Å²) in [4.78, 5) is 0. The highest BCUT2D eigenvalue weighted by Crippen LogP contribution is 2.67. The van der Waals surface area contributed by atoms with Gasteiger partial charge in [0.05, 0.1) is 0 Å². The summed E-state index contributed by atoms with van der Waals surface area (Å²) in [6.07, 6.45) is 11.4. The minimum Gasteiger partial charge on any atom is -0.325 e. The standard InChI is InChI=1S/C20H33N/c1-13(2)8-11-20-12-14(3)16-9-10-19(5,21)17(18(16)20)7-6-15(20)4/h8,11,14-18H,1,6-7,9-10,12,21H2,2-5H3/b11-8+/t14-,15+,16?,17-,18+,19-,20-/m0/s1. The van der Waals surface area contributed by atoms with Gasteiger partial charge in [-0.15, -0.1) is 0 Å². The molecule has 3 rings (SSSR count). The van der Waals surface area contributed by atoms with Crippen molar-refractivity contribution in [2.45, 2.75) is 65.3 Å². The van der Waals surface area contributed by atoms with Crippen LogP contribution < -0.4 is 5.73 Å². The summed E-state index contributed by atoms with van der Waals surface area (Å²) in [6.45, 7) is 13.5. The molecule has 0 aromatic rings. The Labute approximate surface area is 131 Å². The minimum absolute atomic E-state index is 0.0493. The maximum Gasteiger partial charge on any atom is 0.0157 e. The monoisotopic (exact) mass is 287 g/mol. The summed E-state index contributed by atoms with van der Waals surface area (Å²) in [5.74, 6) is 4.05. The van der Waals surface area contributed by atoms with E-state index >= 15 is 0 Å². The molecule has 0 aromatic heterocycles. The first-order valence-corrected chi connectivity index (χ1v) is 8.91. The molecule has 3 fully saturated rings. The third-order valence-electron chi connectivity index (χ3n) is 7.29. The molecule has 0 radical (unpaired) electrons. The molecule has 21 heavy (non-hydrogen) atoms. The molecule has 2 N–H and O–H groups in total. The van der Waals surface area contributed by atoms with Crippen LogP contribution in [0.15, 0.2) is 24.3 Å². The summed E-state index contributed by atoms with van der Waals surface area (Å²) >= 11 is 0. The maximum absolute atomic E-state index is 6.75. The molecule has 0 bridgehead atoms. The lowest BCUT2D eigenvalue weighted by molar-refractivity contribution is -0.0314. The van der Waals surface area contributed by atoms with Gasteiger partial charge in [0, 0.05) is 5.54 Å². The van der Waals surface area contributed by atoms with Crippen molar-refractivity contribution in [3.05, 3.63) is 24.3 Å². The lowest BCUT2D eigenvalue weighted by atomic mass is 9.50. The van der Waals surface area contributed by atoms with Crippen molar-refractivity contribution in [3.8, 4) is 0 Å². The first-order chi connectivity index (χ1) is 9.78. The molecule has 0 amide bonds. The van der Waals surface area contributed by atoms with Gasteiger partial charge in [-0.25, -0.2) is 0 Å². The first-order valence-electron chi connectivity index (χ1n) is 8.91. The highest BCUT2D eigenvalue weighted by Gasteiger charge is 2.61. The quantitative estimate of drug-likeness (QED) is 0.716. The molecule has 0 aliphatic heterocycles. The van der Waals surface area contributed by atoms with Crippen molar-refractivity contribution >= 4 is 0 Å². The molecule has 3 aliphatic carbocycles. The first kappa shape index (κ1) is 15.3. The second-order valence-electron chi connectivity index (χ2n) is 8.79. The predicted molar refractivity (Wildman–Crippen MR) is 90.9 cm³/mol. The minimum atomic E-state index is 0.0493. The Morgan fingerprint density at radius 2 is 1.95 bits per heavy atom. The third kappa shape index (κ3) is 2.23. The number of allylic oxidation sites excluding steroid dienone is 3. The van der Waals surface area contributed by atoms with Crippen LogP contribution in [0, 0.1) is 35.0 Å². The lowest BCUT2D eigenvalue weighted by Gasteiger charge is -2.56. The van der Waals surface area contributed by atoms with Crippen LogP contribution in [0.25, 0.3) is 0 Å². The summed E-state index contributed by atoms with van der Waals surface area (Å²) in [6, 6.07) is 0. The second-order valence-corrected chi connectivity index (χ2v) is 8.79. The fourth-order valence-electron chi connectivity index (χ4n) is 6.19. The largest absolute Gasteiger partial charge is 0.325 e. The molecule has 7 atom stereocenters. The zero-order valence-electron chi connectivity index (χ0n) is 14.4. The van der Waals surface area contributed by atoms with Crippen molar-refractivity contribution in [1.82, 2.24) is 0 Å². The maximum atomic E-state index is 6.75. The Morgan fingerprint density at radius 1 is 1.24 bits per heavy atom. The molecular formula is C20H33N. The molecule has 118 valence electrons. The predicted octanol–water partition coefficient (Wildman–Crippen LogP) is 4.93. The van der Waals surface area contributed by atoms with Crippen LogP contribution in [0.5, 0.6) is 0 Å². The van der Waals surface area contributed by atoms with E-state index in [-0.39, 0.29) is 5.54 Å². The molecule has 1 heteroatoms. The van der Waals surface area contributed by atoms with E-state index in [0.29, 0.717) is 11.3 Å². The van der Waals surface area contributed by atoms with Gasteiger partial charge in [-0.05, 0) is 81.0 Å². The van der Waals surface area contributed by atoms with E-state index in [4.69, 9.17) is 5.73 Å². The van der Waals surface area contributed by atoms with Gasteiger partial charge in [0.15, 0.2) is 0 Å². The van der Waals surface area contributed by atoms with Crippen LogP contribution >= 0.6 is 0 Å². The van der Waals surface area contributed by atoms with E-state index in [1.54, 1.807) is 0 Å². The van der Waals surface area contributed by atoms with E-state index in [1.807, 2.05) is 0 Å². The third-order valence-corrected chi connectivity index (χ3v) is 7.29. The van der Waals surface area contributed by atoms with Gasteiger partial charge in [-0.2, -0.15) is 0 Å². The zero-order valence-corrected chi connectivity index (χ0v) is 14.4. The topological polar surface area (TPSA) is 26.0 Å². The van der Waals surface area contributed by atoms with Crippen molar-refractivity contribution < 1.29 is 0 Å². The molecular weight excluding hydrogens is 254 g/mol. The lowest BCUT2D eigenvalue weighted by Crippen LogP contribution is -2.57. The highest BCUT2D eigenvalue weighted by atomic mass is 14.8. The van der Waals surface area contributed by atoms with Gasteiger partial charge >= 0.3 is 0 Å². The highest BCUT2D eigenvalue weighted by molar-refractivity contribution is 5.23. The zero-order chi connectivity index (χ0) is 15.4. The summed E-state index contributed by atoms with van der Waals surface area (Å²) in [7, 11) is 0. The fourth-order valence-corrected chi connectivity index (χ4v) is 6.19. The van der Waals surface area contributed by atoms with Crippen molar-refractivity contribution in [2.24, 2.45) is 40.7 Å². The number of rotatable bonds is 2. The molecule has 0 saturated heterocycles. The number of hydrogen-bond donors (Lipinski definition) is 1. The molecule has 0 heterocycles. The average Bonchev–Trinajstić information content (AvgIpc) is 2.68. The molecule has 3 saturated carbocycles. The Balaban J connectivity index is 2.05. The van der Waals surface area contributed by atoms with Gasteiger partial charge in [-0.1, -0.05) is 38.2 Å². The molecule has 1 nitrogen and oxygen atoms in total. The van der Waals surface area contributed by atoms with Gasteiger partial charge in [0.2, 0.25) is 0 Å². The van der Waals surface area contributed by atoms with Gasteiger partial charge in [-0.3, -0.25) is 0 Å². The van der Waals surface area contributed by atoms with E-state index in [2.05, 4.69) is 46.4 Å². The average molecular weight is 287 g/mol. The van der Waals surface area contributed by atoms with Gasteiger partial charge < -0.3 is 5.73 Å². The van der Waals surface area contributed by atoms with Crippen LogP contribution in [0.3, 0.4) is 0 Å². The molecule has 1 unspecified atom stereocenters. The molecule has 0 spiro atoms. The van der Waals surface area contributed by atoms with Gasteiger partial charge in [0.1, 0.15) is 0 Å². The summed E-state index contributed by atoms with van der Waals surface area (Å²) in [5.41, 5.74) is 8.36. The van der Waals surface area contributed by atoms with E-state index < -0.39 is 0 Å². The number of nitrogens with two attached hydrogens (primary N) is 1. The van der Waals surface area contributed by atoms with Gasteiger partial charge in [0.25, 0.3) is 0 Å². The van der Waals surface area contributed by atoms with E-state index in [1.165, 1.54) is 37.7 Å². The Kier molecular flexibility index (Phi) is 3.64. The van der Waals surface area contributed by atoms with Crippen LogP contribution in [-0.4, -0.2) is 5.54 Å². The van der Waals surface area contributed by atoms with Crippen molar-refractivity contribution in [3.63, 3.8) is 0 Å². The Bertz CT molecular complexity index is 460. The van der Waals surface area contributed by atoms with Crippen LogP contribution in [0.2, 0.25) is 0 Å². The SMILES string of the molecule is C=C(C)/C=C/[C@]12C[C@H](C)C3CC[C@](C)(N)[C@@H](CC[C@H]1C)[C@@H]32. The normalized spacial score (nSPS) is 52.9. The fraction of sp³-hybridized carbons (Fsp3) is 0.800. The number of hydrogen-bond acceptors (Lipinski definition) is 1. The van der Waals surface area contributed by atoms with E-state index in [0.717, 1.165) is 23.7 Å². The molecule has 3 aliphatic rings. The van der Waals surface area contributed by atoms with Crippen LogP contribution in [0.1, 0.15) is 59.8 Å². The summed E-state index contributed by atoms with van der Waals surface area (Å²) in [5, 5.41) is 0. The molecule has 0 aromatic carbocycles. The van der Waals surface area contributed by atoms with Crippen LogP contribution in [0.4, 0.5) is 0 Å². The van der Waals surface area contributed by atoms with Crippen molar-refractivity contribution in [2.75, 3.05) is 0 Å². The Hall–Kier alpha value is -0.560. The van der Waals surface area contributed by atoms with Crippen molar-refractivity contribution in [1.29, 1.82) is 0 Å². The van der Waals surface area contributed by atoms with E-state index in [9.17, 15) is 0 Å².